The summed E-state index contributed by atoms with van der Waals surface area (Å²) in [6.07, 6.45) is 8.64. The van der Waals surface area contributed by atoms with E-state index in [0.717, 1.165) is 24.3 Å². The highest BCUT2D eigenvalue weighted by atomic mass is 32.2. The van der Waals surface area contributed by atoms with E-state index in [2.05, 4.69) is 50.5 Å². The van der Waals surface area contributed by atoms with E-state index in [4.69, 9.17) is 0 Å². The van der Waals surface area contributed by atoms with Crippen LogP contribution in [-0.2, 0) is 37.6 Å². The topological polar surface area (TPSA) is 195 Å². The molecular formula is C37H44F4N10O4S3. The Morgan fingerprint density at radius 1 is 0.621 bits per heavy atom. The van der Waals surface area contributed by atoms with Crippen LogP contribution in [0.15, 0.2) is 54.5 Å². The molecule has 0 radical (unpaired) electrons. The van der Waals surface area contributed by atoms with Crippen LogP contribution in [0.5, 0.6) is 0 Å². The number of sulfone groups is 2. The Balaban J connectivity index is 0.000000300. The van der Waals surface area contributed by atoms with Gasteiger partial charge in [-0.3, -0.25) is 0 Å². The highest BCUT2D eigenvalue weighted by Crippen LogP contribution is 2.30. The molecule has 0 atom stereocenters. The molecule has 0 saturated heterocycles. The Kier molecular flexibility index (Phi) is 16.7. The summed E-state index contributed by atoms with van der Waals surface area (Å²) in [4.78, 5) is 33.0. The average molecular weight is 865 g/mol. The molecule has 2 aromatic carbocycles. The van der Waals surface area contributed by atoms with E-state index in [1.165, 1.54) is 36.8 Å². The third-order valence-corrected chi connectivity index (χ3v) is 12.0. The quantitative estimate of drug-likeness (QED) is 0.0605. The van der Waals surface area contributed by atoms with Gasteiger partial charge in [0.1, 0.15) is 63.6 Å². The molecule has 0 bridgehead atoms. The first kappa shape index (κ1) is 47.2. The molecule has 0 aliphatic heterocycles. The van der Waals surface area contributed by atoms with Gasteiger partial charge in [-0.25, -0.2) is 74.3 Å². The molecule has 0 unspecified atom stereocenters. The van der Waals surface area contributed by atoms with Gasteiger partial charge in [0.25, 0.3) is 0 Å². The lowest BCUT2D eigenvalue weighted by atomic mass is 10.2. The predicted molar refractivity (Wildman–Crippen MR) is 220 cm³/mol. The van der Waals surface area contributed by atoms with E-state index in [-0.39, 0.29) is 49.1 Å². The van der Waals surface area contributed by atoms with Gasteiger partial charge in [0.05, 0.1) is 35.4 Å². The average Bonchev–Trinajstić information content (AvgIpc) is 3.17. The molecule has 14 nitrogen and oxygen atoms in total. The van der Waals surface area contributed by atoms with Crippen molar-refractivity contribution in [1.82, 2.24) is 39.9 Å². The highest BCUT2D eigenvalue weighted by molar-refractivity contribution is 7.98. The number of hydrogen-bond acceptors (Lipinski definition) is 15. The second-order valence-electron chi connectivity index (χ2n) is 12.1. The first-order chi connectivity index (χ1) is 26.7. The van der Waals surface area contributed by atoms with Gasteiger partial charge in [-0.05, 0) is 31.2 Å². The summed E-state index contributed by atoms with van der Waals surface area (Å²) in [6, 6.07) is 4.32. The molecule has 21 heteroatoms. The molecule has 6 aromatic rings. The van der Waals surface area contributed by atoms with E-state index < -0.39 is 65.8 Å². The lowest BCUT2D eigenvalue weighted by Crippen LogP contribution is -2.11. The largest absolute Gasteiger partial charge is 0.333 e. The minimum Gasteiger partial charge on any atom is -0.333 e. The number of nitrogens with zero attached hydrogens (tertiary/aromatic N) is 8. The number of halogens is 4. The monoisotopic (exact) mass is 864 g/mol. The SMILES string of the molecule is C.C.CCCS(=O)(=O)Cc1ccc(F)c(Nc2ncnc3cnc(CC)nc23)c1F.CCCS(=O)(=O)Cc1ccc(F)c(Nc2ncnc3cnc(SC)nc23)c1F. The maximum absolute atomic E-state index is 14.9. The number of aromatic nitrogens is 8. The second kappa shape index (κ2) is 20.5. The van der Waals surface area contributed by atoms with Crippen molar-refractivity contribution in [3.63, 3.8) is 0 Å². The molecule has 4 heterocycles. The van der Waals surface area contributed by atoms with Crippen molar-refractivity contribution in [2.45, 2.75) is 71.5 Å². The van der Waals surface area contributed by atoms with Crippen LogP contribution in [-0.4, -0.2) is 74.5 Å². The number of fused-ring (bicyclic) bond motifs is 2. The van der Waals surface area contributed by atoms with Gasteiger partial charge < -0.3 is 10.6 Å². The zero-order valence-corrected chi connectivity index (χ0v) is 33.0. The number of anilines is 4. The van der Waals surface area contributed by atoms with Crippen molar-refractivity contribution in [2.24, 2.45) is 0 Å². The maximum atomic E-state index is 14.9. The van der Waals surface area contributed by atoms with Crippen LogP contribution >= 0.6 is 11.8 Å². The molecule has 0 amide bonds. The predicted octanol–water partition coefficient (Wildman–Crippen LogP) is 8.09. The smallest absolute Gasteiger partial charge is 0.188 e. The fraction of sp³-hybridized carbons (Fsp3) is 0.351. The Labute approximate surface area is 339 Å². The van der Waals surface area contributed by atoms with Gasteiger partial charge in [-0.1, -0.05) is 59.5 Å². The summed E-state index contributed by atoms with van der Waals surface area (Å²) in [7, 11) is -6.98. The molecule has 58 heavy (non-hydrogen) atoms. The van der Waals surface area contributed by atoms with E-state index >= 15 is 0 Å². The number of aryl methyl sites for hydroxylation is 1. The number of thioether (sulfide) groups is 1. The third kappa shape index (κ3) is 11.5. The van der Waals surface area contributed by atoms with Crippen LogP contribution in [0, 0.1) is 23.3 Å². The summed E-state index contributed by atoms with van der Waals surface area (Å²) in [5, 5.41) is 5.65. The molecule has 0 aliphatic rings. The number of rotatable bonds is 14. The Hall–Kier alpha value is -5.15. The first-order valence-electron chi connectivity index (χ1n) is 17.1. The van der Waals surface area contributed by atoms with Crippen LogP contribution in [0.4, 0.5) is 40.6 Å². The Morgan fingerprint density at radius 3 is 1.50 bits per heavy atom. The Morgan fingerprint density at radius 2 is 1.07 bits per heavy atom. The first-order valence-corrected chi connectivity index (χ1v) is 21.9. The summed E-state index contributed by atoms with van der Waals surface area (Å²) < 4.78 is 107. The molecule has 0 saturated carbocycles. The standard InChI is InChI=1S/C18H19F2N5O2S.C17H17F2N5O2S2.2CH4/c1-3-7-28(26,27)9-11-5-6-12(19)16(15(11)20)25-18-17-13(22-10-23-18)8-21-14(4-2)24-17;1-3-6-28(25,26)8-10-4-5-11(18)14(13(10)19)23-16-15-12(21-9-22-16)7-20-17(24-15)27-2;;/h5-6,8,10H,3-4,7,9H2,1-2H3,(H,22,23,25);4-5,7,9H,3,6,8H2,1-2H3,(H,21,22,23);2*1H4. The van der Waals surface area contributed by atoms with E-state index in [1.807, 2.05) is 6.92 Å². The van der Waals surface area contributed by atoms with Gasteiger partial charge in [0.15, 0.2) is 48.1 Å². The van der Waals surface area contributed by atoms with Crippen molar-refractivity contribution in [3.8, 4) is 0 Å². The van der Waals surface area contributed by atoms with Gasteiger partial charge in [-0.2, -0.15) is 0 Å². The Bertz CT molecular complexity index is 2430. The van der Waals surface area contributed by atoms with Crippen LogP contribution in [0.2, 0.25) is 0 Å². The number of nitrogens with one attached hydrogen (secondary N) is 2. The van der Waals surface area contributed by atoms with Crippen molar-refractivity contribution in [3.05, 3.63) is 89.5 Å². The van der Waals surface area contributed by atoms with Gasteiger partial charge in [-0.15, -0.1) is 0 Å². The van der Waals surface area contributed by atoms with Crippen molar-refractivity contribution >= 4 is 76.5 Å². The lowest BCUT2D eigenvalue weighted by molar-refractivity contribution is 0.574. The number of benzene rings is 2. The van der Waals surface area contributed by atoms with Gasteiger partial charge in [0, 0.05) is 17.5 Å². The lowest BCUT2D eigenvalue weighted by Gasteiger charge is -2.13. The fourth-order valence-electron chi connectivity index (χ4n) is 5.30. The molecule has 4 aromatic heterocycles. The van der Waals surface area contributed by atoms with E-state index in [1.54, 1.807) is 20.1 Å². The van der Waals surface area contributed by atoms with Crippen molar-refractivity contribution < 1.29 is 34.4 Å². The zero-order chi connectivity index (χ0) is 40.6. The normalized spacial score (nSPS) is 11.3. The van der Waals surface area contributed by atoms with Crippen LogP contribution < -0.4 is 10.6 Å². The minimum atomic E-state index is -3.49. The van der Waals surface area contributed by atoms with Crippen LogP contribution in [0.1, 0.15) is 65.4 Å². The fourth-order valence-corrected chi connectivity index (χ4v) is 8.57. The minimum absolute atomic E-state index is 0. The molecule has 6 rings (SSSR count). The molecule has 0 aliphatic carbocycles. The van der Waals surface area contributed by atoms with Gasteiger partial charge in [0.2, 0.25) is 0 Å². The molecule has 2 N–H and O–H groups in total. The summed E-state index contributed by atoms with van der Waals surface area (Å²) >= 11 is 1.30. The molecule has 312 valence electrons. The summed E-state index contributed by atoms with van der Waals surface area (Å²) in [6.45, 7) is 5.31. The third-order valence-electron chi connectivity index (χ3n) is 7.89. The number of hydrogen-bond donors (Lipinski definition) is 2. The molecule has 0 spiro atoms. The van der Waals surface area contributed by atoms with E-state index in [9.17, 15) is 34.4 Å². The van der Waals surface area contributed by atoms with Crippen LogP contribution in [0.3, 0.4) is 0 Å². The zero-order valence-electron chi connectivity index (χ0n) is 30.5. The molecular weight excluding hydrogens is 821 g/mol. The van der Waals surface area contributed by atoms with Crippen molar-refractivity contribution in [1.29, 1.82) is 0 Å². The van der Waals surface area contributed by atoms with E-state index in [0.29, 0.717) is 52.3 Å². The highest BCUT2D eigenvalue weighted by Gasteiger charge is 2.22. The second-order valence-corrected chi connectivity index (χ2v) is 17.3. The van der Waals surface area contributed by atoms with Crippen LogP contribution in [0.25, 0.3) is 22.1 Å². The van der Waals surface area contributed by atoms with Gasteiger partial charge >= 0.3 is 0 Å². The summed E-state index contributed by atoms with van der Waals surface area (Å²) in [5.74, 6) is -4.13. The summed E-state index contributed by atoms with van der Waals surface area (Å²) in [5.41, 5.74) is 0.223. The maximum Gasteiger partial charge on any atom is 0.188 e. The molecule has 0 fully saturated rings. The van der Waals surface area contributed by atoms with Crippen molar-refractivity contribution in [2.75, 3.05) is 28.4 Å².